The topological polar surface area (TPSA) is 61.4 Å². The molecule has 0 radical (unpaired) electrons. The molecule has 1 rings (SSSR count). The lowest BCUT2D eigenvalue weighted by molar-refractivity contribution is 0.293. The molecule has 1 atom stereocenters. The van der Waals surface area contributed by atoms with Crippen LogP contribution in [0, 0.1) is 0 Å². The Morgan fingerprint density at radius 3 is 2.91 bits per heavy atom. The lowest BCUT2D eigenvalue weighted by Gasteiger charge is -2.05. The van der Waals surface area contributed by atoms with Crippen molar-refractivity contribution in [3.05, 3.63) is 0 Å². The summed E-state index contributed by atoms with van der Waals surface area (Å²) in [6.45, 7) is 1.14. The van der Waals surface area contributed by atoms with Crippen LogP contribution in [0.15, 0.2) is 0 Å². The lowest BCUT2D eigenvalue weighted by atomic mass is 10.4. The summed E-state index contributed by atoms with van der Waals surface area (Å²) in [5, 5.41) is 3.25. The third-order valence-corrected chi connectivity index (χ3v) is 1.87. The zero-order valence-electron chi connectivity index (χ0n) is 6.25. The van der Waals surface area contributed by atoms with Crippen LogP contribution in [-0.2, 0) is 15.5 Å². The van der Waals surface area contributed by atoms with Crippen molar-refractivity contribution >= 4 is 11.4 Å². The maximum atomic E-state index is 9.87. The van der Waals surface area contributed by atoms with Crippen LogP contribution >= 0.6 is 0 Å². The van der Waals surface area contributed by atoms with Gasteiger partial charge in [-0.3, -0.25) is 0 Å². The van der Waals surface area contributed by atoms with Gasteiger partial charge in [-0.2, -0.15) is 0 Å². The highest BCUT2D eigenvalue weighted by atomic mass is 32.2. The quantitative estimate of drug-likeness (QED) is 0.457. The minimum absolute atomic E-state index is 0.288. The van der Waals surface area contributed by atoms with Gasteiger partial charge in [-0.1, -0.05) is 0 Å². The zero-order chi connectivity index (χ0) is 8.10. The Balaban J connectivity index is 1.76. The highest BCUT2D eigenvalue weighted by Crippen LogP contribution is 2.18. The summed E-state index contributed by atoms with van der Waals surface area (Å²) >= 11 is -2.34. The zero-order valence-corrected chi connectivity index (χ0v) is 7.06. The predicted octanol–water partition coefficient (Wildman–Crippen LogP) is -0.0608. The monoisotopic (exact) mass is 178 g/mol. The molecule has 0 aromatic carbocycles. The van der Waals surface area contributed by atoms with Crippen LogP contribution in [0.2, 0.25) is 0 Å². The second kappa shape index (κ2) is 4.82. The van der Waals surface area contributed by atoms with E-state index in [9.17, 15) is 8.76 Å². The summed E-state index contributed by atoms with van der Waals surface area (Å²) in [5.74, 6) is 0. The normalized spacial score (nSPS) is 20.1. The predicted molar refractivity (Wildman–Crippen MR) is 40.5 cm³/mol. The molecule has 5 heteroatoms. The largest absolute Gasteiger partial charge is 0.750 e. The van der Waals surface area contributed by atoms with Crippen molar-refractivity contribution in [3.8, 4) is 0 Å². The molecule has 1 unspecified atom stereocenters. The van der Waals surface area contributed by atoms with Crippen LogP contribution in [0.1, 0.15) is 19.3 Å². The molecule has 11 heavy (non-hydrogen) atoms. The van der Waals surface area contributed by atoms with Crippen molar-refractivity contribution in [1.29, 1.82) is 0 Å². The van der Waals surface area contributed by atoms with Crippen molar-refractivity contribution in [2.75, 3.05) is 13.2 Å². The fraction of sp³-hybridized carbons (Fsp3) is 1.00. The second-order valence-corrected chi connectivity index (χ2v) is 3.25. The highest BCUT2D eigenvalue weighted by Gasteiger charge is 2.19. The molecule has 0 amide bonds. The second-order valence-electron chi connectivity index (χ2n) is 2.61. The van der Waals surface area contributed by atoms with Gasteiger partial charge < -0.3 is 14.1 Å². The number of hydrogen-bond acceptors (Lipinski definition) is 4. The molecule has 0 aliphatic heterocycles. The van der Waals surface area contributed by atoms with Crippen molar-refractivity contribution < 1.29 is 12.9 Å². The van der Waals surface area contributed by atoms with Crippen LogP contribution < -0.4 is 5.32 Å². The Morgan fingerprint density at radius 1 is 1.64 bits per heavy atom. The van der Waals surface area contributed by atoms with Crippen LogP contribution in [0.4, 0.5) is 0 Å². The third-order valence-electron chi connectivity index (χ3n) is 1.51. The minimum atomic E-state index is -2.34. The molecule has 1 saturated carbocycles. The van der Waals surface area contributed by atoms with Crippen molar-refractivity contribution in [3.63, 3.8) is 0 Å². The summed E-state index contributed by atoms with van der Waals surface area (Å²) in [4.78, 5) is 0. The Labute approximate surface area is 68.8 Å². The van der Waals surface area contributed by atoms with E-state index in [2.05, 4.69) is 9.50 Å². The van der Waals surface area contributed by atoms with E-state index in [4.69, 9.17) is 0 Å². The van der Waals surface area contributed by atoms with E-state index in [1.807, 2.05) is 0 Å². The molecule has 0 aromatic heterocycles. The molecule has 0 aromatic rings. The van der Waals surface area contributed by atoms with Crippen molar-refractivity contribution in [1.82, 2.24) is 5.32 Å². The summed E-state index contributed by atoms with van der Waals surface area (Å²) in [6, 6.07) is 0.688. The van der Waals surface area contributed by atoms with E-state index in [-0.39, 0.29) is 6.61 Å². The lowest BCUT2D eigenvalue weighted by Crippen LogP contribution is -2.18. The van der Waals surface area contributed by atoms with Crippen LogP contribution in [-0.4, -0.2) is 28.0 Å². The van der Waals surface area contributed by atoms with Gasteiger partial charge in [-0.25, -0.2) is 4.21 Å². The molecular weight excluding hydrogens is 166 g/mol. The van der Waals surface area contributed by atoms with Gasteiger partial charge in [-0.05, 0) is 25.8 Å². The maximum absolute atomic E-state index is 9.87. The van der Waals surface area contributed by atoms with E-state index in [0.717, 1.165) is 13.0 Å². The van der Waals surface area contributed by atoms with Crippen LogP contribution in [0.5, 0.6) is 0 Å². The van der Waals surface area contributed by atoms with Gasteiger partial charge in [0.2, 0.25) is 0 Å². The van der Waals surface area contributed by atoms with E-state index in [1.165, 1.54) is 12.8 Å². The third kappa shape index (κ3) is 5.32. The van der Waals surface area contributed by atoms with Gasteiger partial charge in [0.15, 0.2) is 0 Å². The van der Waals surface area contributed by atoms with E-state index in [1.54, 1.807) is 0 Å². The molecule has 0 spiro atoms. The smallest absolute Gasteiger partial charge is 0.0842 e. The Bertz CT molecular complexity index is 138. The molecule has 1 N–H and O–H groups in total. The first-order valence-electron chi connectivity index (χ1n) is 3.75. The Morgan fingerprint density at radius 2 is 2.36 bits per heavy atom. The van der Waals surface area contributed by atoms with Crippen LogP contribution in [0.25, 0.3) is 0 Å². The number of nitrogens with one attached hydrogen (secondary N) is 1. The number of hydrogen-bond donors (Lipinski definition) is 1. The van der Waals surface area contributed by atoms with Crippen molar-refractivity contribution in [2.24, 2.45) is 0 Å². The molecule has 0 heterocycles. The van der Waals surface area contributed by atoms with Gasteiger partial charge in [0, 0.05) is 6.04 Å². The van der Waals surface area contributed by atoms with E-state index >= 15 is 0 Å². The molecule has 1 aliphatic rings. The standard InChI is InChI=1S/C6H13NO3S/c8-11(9)10-5-1-4-7-6-2-3-6/h6-7H,1-5H2,(H,8,9)/p-1. The van der Waals surface area contributed by atoms with Gasteiger partial charge in [0.1, 0.15) is 0 Å². The number of rotatable bonds is 6. The van der Waals surface area contributed by atoms with Crippen molar-refractivity contribution in [2.45, 2.75) is 25.3 Å². The van der Waals surface area contributed by atoms with E-state index < -0.39 is 11.4 Å². The fourth-order valence-corrected chi connectivity index (χ4v) is 1.05. The molecule has 1 fully saturated rings. The molecule has 1 aliphatic carbocycles. The summed E-state index contributed by atoms with van der Waals surface area (Å²) in [5.41, 5.74) is 0. The highest BCUT2D eigenvalue weighted by molar-refractivity contribution is 7.74. The first-order valence-corrected chi connectivity index (χ1v) is 4.75. The average Bonchev–Trinajstić information content (AvgIpc) is 2.70. The minimum Gasteiger partial charge on any atom is -0.750 e. The molecule has 66 valence electrons. The molecular formula is C6H12NO3S-. The SMILES string of the molecule is O=S([O-])OCCCNC1CC1. The van der Waals surface area contributed by atoms with Crippen LogP contribution in [0.3, 0.4) is 0 Å². The van der Waals surface area contributed by atoms with Gasteiger partial charge >= 0.3 is 0 Å². The summed E-state index contributed by atoms with van der Waals surface area (Å²) in [7, 11) is 0. The van der Waals surface area contributed by atoms with E-state index in [0.29, 0.717) is 6.04 Å². The summed E-state index contributed by atoms with van der Waals surface area (Å²) < 4.78 is 24.1. The summed E-state index contributed by atoms with van der Waals surface area (Å²) in [6.07, 6.45) is 3.27. The van der Waals surface area contributed by atoms with Gasteiger partial charge in [0.25, 0.3) is 0 Å². The molecule has 0 bridgehead atoms. The van der Waals surface area contributed by atoms with Gasteiger partial charge in [-0.15, -0.1) is 0 Å². The van der Waals surface area contributed by atoms with Gasteiger partial charge in [0.05, 0.1) is 18.0 Å². The Hall–Kier alpha value is 0.0300. The first-order chi connectivity index (χ1) is 5.29. The maximum Gasteiger partial charge on any atom is 0.0842 e. The molecule has 4 nitrogen and oxygen atoms in total. The average molecular weight is 178 g/mol. The molecule has 0 saturated heterocycles. The Kier molecular flexibility index (Phi) is 3.99. The fourth-order valence-electron chi connectivity index (χ4n) is 0.793. The first kappa shape index (κ1) is 9.12.